The molecule has 0 radical (unpaired) electrons. The molecule has 0 aliphatic heterocycles. The molecule has 0 spiro atoms. The first-order valence-corrected chi connectivity index (χ1v) is 10.5. The number of fused-ring (bicyclic) bond motifs is 1. The molecule has 0 fully saturated rings. The van der Waals surface area contributed by atoms with Gasteiger partial charge in [0.1, 0.15) is 17.1 Å². The second kappa shape index (κ2) is 9.00. The lowest BCUT2D eigenvalue weighted by Gasteiger charge is -2.14. The summed E-state index contributed by atoms with van der Waals surface area (Å²) in [6.07, 6.45) is 2.73. The van der Waals surface area contributed by atoms with Gasteiger partial charge in [-0.1, -0.05) is 25.1 Å². The van der Waals surface area contributed by atoms with Gasteiger partial charge in [0.25, 0.3) is 5.91 Å². The van der Waals surface area contributed by atoms with Gasteiger partial charge in [-0.05, 0) is 67.8 Å². The van der Waals surface area contributed by atoms with Gasteiger partial charge in [0.05, 0.1) is 12.3 Å². The van der Waals surface area contributed by atoms with Crippen LogP contribution in [0, 0.1) is 13.8 Å². The van der Waals surface area contributed by atoms with Gasteiger partial charge >= 0.3 is 0 Å². The summed E-state index contributed by atoms with van der Waals surface area (Å²) in [7, 11) is 0. The first kappa shape index (κ1) is 20.6. The monoisotopic (exact) mass is 414 g/mol. The van der Waals surface area contributed by atoms with Crippen molar-refractivity contribution >= 4 is 17.1 Å². The number of nitrogens with zero attached hydrogens (tertiary/aromatic N) is 3. The number of nitrogens with one attached hydrogen (secondary N) is 1. The molecule has 0 unspecified atom stereocenters. The molecule has 0 saturated carbocycles. The Bertz CT molecular complexity index is 1210. The van der Waals surface area contributed by atoms with Crippen molar-refractivity contribution in [1.82, 2.24) is 19.9 Å². The third kappa shape index (κ3) is 4.28. The summed E-state index contributed by atoms with van der Waals surface area (Å²) in [5.41, 5.74) is 5.07. The minimum atomic E-state index is -0.110. The Balaban J connectivity index is 1.54. The molecule has 2 aromatic heterocycles. The largest absolute Gasteiger partial charge is 0.494 e. The van der Waals surface area contributed by atoms with Crippen LogP contribution in [0.2, 0.25) is 0 Å². The number of carbonyl (C=O) groups excluding carboxylic acids is 1. The van der Waals surface area contributed by atoms with Crippen molar-refractivity contribution < 1.29 is 9.53 Å². The minimum absolute atomic E-state index is 0.110. The molecular formula is C25H26N4O2. The molecule has 2 aromatic carbocycles. The van der Waals surface area contributed by atoms with E-state index >= 15 is 0 Å². The highest BCUT2D eigenvalue weighted by molar-refractivity contribution is 5.96. The fourth-order valence-electron chi connectivity index (χ4n) is 3.63. The minimum Gasteiger partial charge on any atom is -0.494 e. The third-order valence-electron chi connectivity index (χ3n) is 5.22. The first-order chi connectivity index (χ1) is 15.1. The smallest absolute Gasteiger partial charge is 0.251 e. The molecule has 6 nitrogen and oxygen atoms in total. The molecule has 0 saturated heterocycles. The van der Waals surface area contributed by atoms with E-state index in [1.165, 1.54) is 0 Å². The van der Waals surface area contributed by atoms with E-state index in [4.69, 9.17) is 4.74 Å². The van der Waals surface area contributed by atoms with Crippen LogP contribution in [0.3, 0.4) is 0 Å². The van der Waals surface area contributed by atoms with Gasteiger partial charge in [-0.3, -0.25) is 9.36 Å². The van der Waals surface area contributed by atoms with Crippen molar-refractivity contribution in [2.75, 3.05) is 6.61 Å². The number of pyridine rings is 1. The Labute approximate surface area is 181 Å². The molecule has 4 aromatic rings. The fourth-order valence-corrected chi connectivity index (χ4v) is 3.63. The predicted octanol–water partition coefficient (Wildman–Crippen LogP) is 4.76. The van der Waals surface area contributed by atoms with Crippen LogP contribution in [0.25, 0.3) is 16.9 Å². The van der Waals surface area contributed by atoms with Gasteiger partial charge in [0.15, 0.2) is 5.65 Å². The molecule has 1 N–H and O–H groups in total. The van der Waals surface area contributed by atoms with Gasteiger partial charge in [0, 0.05) is 18.3 Å². The Kier molecular flexibility index (Phi) is 5.98. The molecule has 6 heteroatoms. The maximum atomic E-state index is 12.9. The Morgan fingerprint density at radius 1 is 1.06 bits per heavy atom. The zero-order valence-corrected chi connectivity index (χ0v) is 18.1. The van der Waals surface area contributed by atoms with Crippen molar-refractivity contribution in [3.8, 4) is 11.4 Å². The van der Waals surface area contributed by atoms with Gasteiger partial charge in [-0.2, -0.15) is 0 Å². The fraction of sp³-hybridized carbons (Fsp3) is 0.240. The zero-order chi connectivity index (χ0) is 21.8. The zero-order valence-electron chi connectivity index (χ0n) is 18.1. The second-order valence-electron chi connectivity index (χ2n) is 7.47. The number of ether oxygens (including phenoxy) is 1. The van der Waals surface area contributed by atoms with Gasteiger partial charge in [-0.25, -0.2) is 9.97 Å². The van der Waals surface area contributed by atoms with Crippen molar-refractivity contribution in [2.24, 2.45) is 0 Å². The number of carbonyl (C=O) groups is 1. The Hall–Kier alpha value is -3.67. The Morgan fingerprint density at radius 2 is 1.87 bits per heavy atom. The summed E-state index contributed by atoms with van der Waals surface area (Å²) >= 11 is 0. The maximum absolute atomic E-state index is 12.9. The van der Waals surface area contributed by atoms with Gasteiger partial charge in [-0.15, -0.1) is 0 Å². The van der Waals surface area contributed by atoms with Crippen LogP contribution < -0.4 is 10.1 Å². The molecule has 4 rings (SSSR count). The molecule has 1 amide bonds. The van der Waals surface area contributed by atoms with Crippen molar-refractivity contribution in [2.45, 2.75) is 33.7 Å². The van der Waals surface area contributed by atoms with Crippen LogP contribution in [-0.4, -0.2) is 27.0 Å². The van der Waals surface area contributed by atoms with Crippen molar-refractivity contribution in [1.29, 1.82) is 0 Å². The van der Waals surface area contributed by atoms with Gasteiger partial charge in [0.2, 0.25) is 0 Å². The highest BCUT2D eigenvalue weighted by atomic mass is 16.5. The topological polar surface area (TPSA) is 69.0 Å². The molecule has 2 heterocycles. The van der Waals surface area contributed by atoms with E-state index in [2.05, 4.69) is 22.2 Å². The summed E-state index contributed by atoms with van der Waals surface area (Å²) in [5, 5.41) is 3.02. The molecule has 0 aliphatic rings. The molecular weight excluding hydrogens is 388 g/mol. The number of hydrogen-bond donors (Lipinski definition) is 1. The SMILES string of the molecule is CCCOc1ccc(CNC(=O)c2cccc(-n3c(C)nc4cccnc43)c2C)cc1. The number of imidazole rings is 1. The number of amides is 1. The highest BCUT2D eigenvalue weighted by Gasteiger charge is 2.16. The number of benzene rings is 2. The van der Waals surface area contributed by atoms with E-state index in [9.17, 15) is 4.79 Å². The highest BCUT2D eigenvalue weighted by Crippen LogP contribution is 2.24. The summed E-state index contributed by atoms with van der Waals surface area (Å²) in [5.74, 6) is 1.57. The quantitative estimate of drug-likeness (QED) is 0.474. The van der Waals surface area contributed by atoms with E-state index in [0.717, 1.165) is 46.0 Å². The molecule has 0 atom stereocenters. The number of aryl methyl sites for hydroxylation is 1. The van der Waals surface area contributed by atoms with Crippen LogP contribution in [0.1, 0.15) is 40.7 Å². The van der Waals surface area contributed by atoms with Crippen molar-refractivity contribution in [3.05, 3.63) is 83.3 Å². The van der Waals surface area contributed by atoms with Crippen LogP contribution >= 0.6 is 0 Å². The summed E-state index contributed by atoms with van der Waals surface area (Å²) in [4.78, 5) is 22.0. The number of aromatic nitrogens is 3. The number of hydrogen-bond acceptors (Lipinski definition) is 4. The van der Waals surface area contributed by atoms with Crippen molar-refractivity contribution in [3.63, 3.8) is 0 Å². The predicted molar refractivity (Wildman–Crippen MR) is 122 cm³/mol. The normalized spacial score (nSPS) is 10.9. The van der Waals surface area contributed by atoms with E-state index in [1.807, 2.05) is 73.0 Å². The summed E-state index contributed by atoms with van der Waals surface area (Å²) < 4.78 is 7.61. The van der Waals surface area contributed by atoms with E-state index in [1.54, 1.807) is 6.20 Å². The van der Waals surface area contributed by atoms with Crippen LogP contribution in [-0.2, 0) is 6.54 Å². The summed E-state index contributed by atoms with van der Waals surface area (Å²) in [6.45, 7) is 7.13. The standard InChI is InChI=1S/C25H26N4O2/c1-4-15-31-20-12-10-19(11-13-20)16-27-25(30)21-7-5-9-23(17(21)2)29-18(3)28-22-8-6-14-26-24(22)29/h5-14H,4,15-16H2,1-3H3,(H,27,30). The Morgan fingerprint density at radius 3 is 2.65 bits per heavy atom. The van der Waals surface area contributed by atoms with E-state index < -0.39 is 0 Å². The molecule has 158 valence electrons. The van der Waals surface area contributed by atoms with Crippen LogP contribution in [0.4, 0.5) is 0 Å². The lowest BCUT2D eigenvalue weighted by Crippen LogP contribution is -2.24. The lowest BCUT2D eigenvalue weighted by molar-refractivity contribution is 0.0950. The number of rotatable bonds is 7. The molecule has 0 bridgehead atoms. The van der Waals surface area contributed by atoms with Crippen LogP contribution in [0.5, 0.6) is 5.75 Å². The first-order valence-electron chi connectivity index (χ1n) is 10.5. The van der Waals surface area contributed by atoms with E-state index in [0.29, 0.717) is 18.7 Å². The molecule has 0 aliphatic carbocycles. The third-order valence-corrected chi connectivity index (χ3v) is 5.22. The second-order valence-corrected chi connectivity index (χ2v) is 7.47. The average Bonchev–Trinajstić information content (AvgIpc) is 3.12. The maximum Gasteiger partial charge on any atom is 0.251 e. The van der Waals surface area contributed by atoms with Gasteiger partial charge < -0.3 is 10.1 Å². The average molecular weight is 415 g/mol. The summed E-state index contributed by atoms with van der Waals surface area (Å²) in [6, 6.07) is 17.4. The van der Waals surface area contributed by atoms with Crippen LogP contribution in [0.15, 0.2) is 60.8 Å². The van der Waals surface area contributed by atoms with E-state index in [-0.39, 0.29) is 5.91 Å². The molecule has 31 heavy (non-hydrogen) atoms. The lowest BCUT2D eigenvalue weighted by atomic mass is 10.1.